The standard InChI is InChI=1S/C17H19ClN2O4S/c1-2-20(11-12-21)17(22)15-5-3-4-6-16(15)19-25(23,24)14-9-7-13(18)8-10-14/h3-10,19,21H,2,11-12H2,1H3. The van der Waals surface area contributed by atoms with E-state index in [1.54, 1.807) is 25.1 Å². The van der Waals surface area contributed by atoms with Crippen LogP contribution in [0.4, 0.5) is 5.69 Å². The van der Waals surface area contributed by atoms with Crippen LogP contribution in [0.25, 0.3) is 0 Å². The first-order valence-electron chi connectivity index (χ1n) is 7.66. The monoisotopic (exact) mass is 382 g/mol. The lowest BCUT2D eigenvalue weighted by atomic mass is 10.1. The van der Waals surface area contributed by atoms with Crippen LogP contribution in [0.5, 0.6) is 0 Å². The number of carbonyl (C=O) groups is 1. The highest BCUT2D eigenvalue weighted by molar-refractivity contribution is 7.92. The van der Waals surface area contributed by atoms with Crippen molar-refractivity contribution in [3.05, 3.63) is 59.1 Å². The number of aliphatic hydroxyl groups is 1. The van der Waals surface area contributed by atoms with Crippen molar-refractivity contribution in [2.24, 2.45) is 0 Å². The molecule has 25 heavy (non-hydrogen) atoms. The molecule has 0 aromatic heterocycles. The van der Waals surface area contributed by atoms with Gasteiger partial charge in [-0.2, -0.15) is 0 Å². The minimum atomic E-state index is -3.86. The fraction of sp³-hybridized carbons (Fsp3) is 0.235. The van der Waals surface area contributed by atoms with Gasteiger partial charge < -0.3 is 10.0 Å². The summed E-state index contributed by atoms with van der Waals surface area (Å²) >= 11 is 5.78. The van der Waals surface area contributed by atoms with Gasteiger partial charge in [0.25, 0.3) is 15.9 Å². The second-order valence-corrected chi connectivity index (χ2v) is 7.33. The van der Waals surface area contributed by atoms with Crippen LogP contribution in [-0.4, -0.2) is 44.0 Å². The number of aliphatic hydroxyl groups excluding tert-OH is 1. The number of amides is 1. The van der Waals surface area contributed by atoms with Crippen molar-refractivity contribution < 1.29 is 18.3 Å². The highest BCUT2D eigenvalue weighted by Gasteiger charge is 2.21. The Hall–Kier alpha value is -2.09. The molecule has 6 nitrogen and oxygen atoms in total. The summed E-state index contributed by atoms with van der Waals surface area (Å²) in [6, 6.07) is 12.1. The molecule has 1 amide bonds. The number of carbonyl (C=O) groups excluding carboxylic acids is 1. The Morgan fingerprint density at radius 1 is 1.16 bits per heavy atom. The van der Waals surface area contributed by atoms with Gasteiger partial charge in [0.2, 0.25) is 0 Å². The lowest BCUT2D eigenvalue weighted by molar-refractivity contribution is 0.0733. The summed E-state index contributed by atoms with van der Waals surface area (Å²) in [5, 5.41) is 9.50. The average molecular weight is 383 g/mol. The third-order valence-corrected chi connectivity index (χ3v) is 5.20. The molecule has 8 heteroatoms. The summed E-state index contributed by atoms with van der Waals surface area (Å²) in [5.41, 5.74) is 0.397. The molecule has 0 heterocycles. The quantitative estimate of drug-likeness (QED) is 0.770. The van der Waals surface area contributed by atoms with Crippen LogP contribution < -0.4 is 4.72 Å². The summed E-state index contributed by atoms with van der Waals surface area (Å²) in [4.78, 5) is 14.1. The van der Waals surface area contributed by atoms with E-state index in [0.29, 0.717) is 11.6 Å². The lowest BCUT2D eigenvalue weighted by Crippen LogP contribution is -2.34. The molecule has 0 saturated carbocycles. The number of nitrogens with one attached hydrogen (secondary N) is 1. The Bertz CT molecular complexity index is 838. The number of halogens is 1. The normalized spacial score (nSPS) is 11.2. The molecule has 2 rings (SSSR count). The van der Waals surface area contributed by atoms with Crippen molar-refractivity contribution in [2.75, 3.05) is 24.4 Å². The van der Waals surface area contributed by atoms with Gasteiger partial charge in [0.15, 0.2) is 0 Å². The highest BCUT2D eigenvalue weighted by atomic mass is 35.5. The SMILES string of the molecule is CCN(CCO)C(=O)c1ccccc1NS(=O)(=O)c1ccc(Cl)cc1. The molecular formula is C17H19ClN2O4S. The predicted octanol–water partition coefficient (Wildman–Crippen LogP) is 2.60. The van der Waals surface area contributed by atoms with Crippen molar-refractivity contribution in [3.63, 3.8) is 0 Å². The van der Waals surface area contributed by atoms with Gasteiger partial charge in [-0.05, 0) is 43.3 Å². The van der Waals surface area contributed by atoms with Crippen molar-refractivity contribution in [2.45, 2.75) is 11.8 Å². The summed E-state index contributed by atoms with van der Waals surface area (Å²) in [6.07, 6.45) is 0. The van der Waals surface area contributed by atoms with Crippen LogP contribution in [-0.2, 0) is 10.0 Å². The molecule has 0 aliphatic carbocycles. The Labute approximate surface area is 152 Å². The number of benzene rings is 2. The molecule has 134 valence electrons. The second kappa shape index (κ2) is 8.33. The third kappa shape index (κ3) is 4.72. The van der Waals surface area contributed by atoms with E-state index in [0.717, 1.165) is 0 Å². The Balaban J connectivity index is 2.34. The molecule has 0 bridgehead atoms. The Kier molecular flexibility index (Phi) is 6.41. The van der Waals surface area contributed by atoms with Crippen molar-refractivity contribution in [1.29, 1.82) is 0 Å². The smallest absolute Gasteiger partial charge is 0.261 e. The number of hydrogen-bond donors (Lipinski definition) is 2. The molecule has 0 aliphatic heterocycles. The number of likely N-dealkylation sites (N-methyl/N-ethyl adjacent to an activating group) is 1. The zero-order valence-electron chi connectivity index (χ0n) is 13.6. The molecule has 0 unspecified atom stereocenters. The van der Waals surface area contributed by atoms with E-state index in [4.69, 9.17) is 16.7 Å². The largest absolute Gasteiger partial charge is 0.395 e. The third-order valence-electron chi connectivity index (χ3n) is 3.56. The van der Waals surface area contributed by atoms with Crippen molar-refractivity contribution in [3.8, 4) is 0 Å². The molecule has 0 spiro atoms. The summed E-state index contributed by atoms with van der Waals surface area (Å²) in [5.74, 6) is -0.356. The minimum Gasteiger partial charge on any atom is -0.395 e. The first kappa shape index (κ1) is 19.2. The maximum absolute atomic E-state index is 12.6. The summed E-state index contributed by atoms with van der Waals surface area (Å²) in [6.45, 7) is 2.19. The molecule has 0 aliphatic rings. The van der Waals surface area contributed by atoms with E-state index >= 15 is 0 Å². The molecule has 2 aromatic rings. The zero-order valence-corrected chi connectivity index (χ0v) is 15.2. The number of hydrogen-bond acceptors (Lipinski definition) is 4. The maximum Gasteiger partial charge on any atom is 0.261 e. The molecule has 0 radical (unpaired) electrons. The van der Waals surface area contributed by atoms with E-state index in [1.165, 1.54) is 35.2 Å². The number of para-hydroxylation sites is 1. The van der Waals surface area contributed by atoms with E-state index in [9.17, 15) is 13.2 Å². The first-order chi connectivity index (χ1) is 11.9. The maximum atomic E-state index is 12.6. The Morgan fingerprint density at radius 2 is 1.80 bits per heavy atom. The number of sulfonamides is 1. The molecule has 2 aromatic carbocycles. The van der Waals surface area contributed by atoms with Gasteiger partial charge >= 0.3 is 0 Å². The van der Waals surface area contributed by atoms with Gasteiger partial charge in [0.1, 0.15) is 0 Å². The minimum absolute atomic E-state index is 0.0434. The van der Waals surface area contributed by atoms with Gasteiger partial charge in [0, 0.05) is 18.1 Å². The zero-order chi connectivity index (χ0) is 18.4. The van der Waals surface area contributed by atoms with Gasteiger partial charge in [-0.25, -0.2) is 8.42 Å². The highest BCUT2D eigenvalue weighted by Crippen LogP contribution is 2.22. The van der Waals surface area contributed by atoms with Crippen molar-refractivity contribution >= 4 is 33.2 Å². The average Bonchev–Trinajstić information content (AvgIpc) is 2.59. The van der Waals surface area contributed by atoms with Gasteiger partial charge in [0.05, 0.1) is 22.8 Å². The molecule has 0 atom stereocenters. The Morgan fingerprint density at radius 3 is 2.40 bits per heavy atom. The summed E-state index contributed by atoms with van der Waals surface area (Å²) < 4.78 is 27.5. The molecule has 2 N–H and O–H groups in total. The van der Waals surface area contributed by atoms with E-state index in [-0.39, 0.29) is 35.2 Å². The van der Waals surface area contributed by atoms with Gasteiger partial charge in [-0.1, -0.05) is 23.7 Å². The fourth-order valence-electron chi connectivity index (χ4n) is 2.27. The lowest BCUT2D eigenvalue weighted by Gasteiger charge is -2.21. The molecule has 0 fully saturated rings. The first-order valence-corrected chi connectivity index (χ1v) is 9.52. The molecular weight excluding hydrogens is 364 g/mol. The van der Waals surface area contributed by atoms with E-state index in [1.807, 2.05) is 0 Å². The fourth-order valence-corrected chi connectivity index (χ4v) is 3.48. The van der Waals surface area contributed by atoms with Crippen LogP contribution >= 0.6 is 11.6 Å². The van der Waals surface area contributed by atoms with Crippen LogP contribution in [0.15, 0.2) is 53.4 Å². The van der Waals surface area contributed by atoms with Crippen molar-refractivity contribution in [1.82, 2.24) is 4.90 Å². The van der Waals surface area contributed by atoms with E-state index in [2.05, 4.69) is 4.72 Å². The van der Waals surface area contributed by atoms with Crippen LogP contribution in [0.3, 0.4) is 0 Å². The van der Waals surface area contributed by atoms with E-state index < -0.39 is 10.0 Å². The predicted molar refractivity (Wildman–Crippen MR) is 97.4 cm³/mol. The van der Waals surface area contributed by atoms with Crippen LogP contribution in [0.1, 0.15) is 17.3 Å². The second-order valence-electron chi connectivity index (χ2n) is 5.21. The molecule has 0 saturated heterocycles. The number of nitrogens with zero attached hydrogens (tertiary/aromatic N) is 1. The van der Waals surface area contributed by atoms with Crippen LogP contribution in [0, 0.1) is 0 Å². The van der Waals surface area contributed by atoms with Gasteiger partial charge in [-0.3, -0.25) is 9.52 Å². The summed E-state index contributed by atoms with van der Waals surface area (Å²) in [7, 11) is -3.86. The number of anilines is 1. The van der Waals surface area contributed by atoms with Gasteiger partial charge in [-0.15, -0.1) is 0 Å². The number of rotatable bonds is 7. The topological polar surface area (TPSA) is 86.7 Å². The van der Waals surface area contributed by atoms with Crippen LogP contribution in [0.2, 0.25) is 5.02 Å².